The van der Waals surface area contributed by atoms with Crippen LogP contribution in [0.5, 0.6) is 0 Å². The second-order valence-electron chi connectivity index (χ2n) is 5.83. The summed E-state index contributed by atoms with van der Waals surface area (Å²) in [6, 6.07) is 6.60. The molecule has 0 radical (unpaired) electrons. The monoisotopic (exact) mass is 326 g/mol. The Morgan fingerprint density at radius 2 is 2.35 bits per heavy atom. The molecule has 23 heavy (non-hydrogen) atoms. The van der Waals surface area contributed by atoms with Gasteiger partial charge in [-0.15, -0.1) is 0 Å². The molecule has 2 atom stereocenters. The van der Waals surface area contributed by atoms with E-state index >= 15 is 0 Å². The average molecular weight is 326 g/mol. The third-order valence-electron chi connectivity index (χ3n) is 4.44. The standard InChI is InChI=1S/C17H18N4OS/c1-12(21-8-3-5-15(21)14-6-9-23-11-14)17-19-16(20-22-17)13-4-2-7-18-10-13/h2,4,6-7,9-12,15H,3,5,8H2,1H3/t12-,15+/m0/s1. The summed E-state index contributed by atoms with van der Waals surface area (Å²) >= 11 is 1.75. The van der Waals surface area contributed by atoms with E-state index in [1.54, 1.807) is 23.7 Å². The lowest BCUT2D eigenvalue weighted by atomic mass is 10.1. The van der Waals surface area contributed by atoms with Crippen LogP contribution in [-0.2, 0) is 0 Å². The molecule has 0 aliphatic carbocycles. The van der Waals surface area contributed by atoms with Crippen LogP contribution in [0.4, 0.5) is 0 Å². The van der Waals surface area contributed by atoms with Crippen molar-refractivity contribution < 1.29 is 4.52 Å². The van der Waals surface area contributed by atoms with Crippen LogP contribution < -0.4 is 0 Å². The Morgan fingerprint density at radius 3 is 3.13 bits per heavy atom. The van der Waals surface area contributed by atoms with Crippen LogP contribution >= 0.6 is 11.3 Å². The fraction of sp³-hybridized carbons (Fsp3) is 0.353. The van der Waals surface area contributed by atoms with Crippen LogP contribution in [0.2, 0.25) is 0 Å². The SMILES string of the molecule is C[C@@H](c1nc(-c2cccnc2)no1)N1CCC[C@@H]1c1ccsc1. The zero-order valence-corrected chi connectivity index (χ0v) is 13.7. The maximum atomic E-state index is 5.53. The second kappa shape index (κ2) is 6.22. The van der Waals surface area contributed by atoms with Crippen LogP contribution in [-0.4, -0.2) is 26.6 Å². The summed E-state index contributed by atoms with van der Waals surface area (Å²) in [4.78, 5) is 11.2. The van der Waals surface area contributed by atoms with Gasteiger partial charge in [-0.1, -0.05) is 5.16 Å². The number of nitrogens with zero attached hydrogens (tertiary/aromatic N) is 4. The molecule has 4 heterocycles. The number of hydrogen-bond donors (Lipinski definition) is 0. The van der Waals surface area contributed by atoms with Gasteiger partial charge in [0.2, 0.25) is 11.7 Å². The van der Waals surface area contributed by atoms with Gasteiger partial charge >= 0.3 is 0 Å². The minimum Gasteiger partial charge on any atom is -0.337 e. The van der Waals surface area contributed by atoms with Crippen molar-refractivity contribution in [2.24, 2.45) is 0 Å². The molecule has 0 aromatic carbocycles. The second-order valence-corrected chi connectivity index (χ2v) is 6.61. The van der Waals surface area contributed by atoms with Crippen molar-refractivity contribution in [1.82, 2.24) is 20.0 Å². The van der Waals surface area contributed by atoms with Gasteiger partial charge < -0.3 is 4.52 Å². The first-order valence-electron chi connectivity index (χ1n) is 7.85. The first kappa shape index (κ1) is 14.5. The fourth-order valence-corrected chi connectivity index (χ4v) is 3.94. The van der Waals surface area contributed by atoms with Gasteiger partial charge in [-0.2, -0.15) is 16.3 Å². The highest BCUT2D eigenvalue weighted by Gasteiger charge is 2.33. The number of hydrogen-bond acceptors (Lipinski definition) is 6. The summed E-state index contributed by atoms with van der Waals surface area (Å²) in [5.74, 6) is 1.28. The zero-order valence-electron chi connectivity index (χ0n) is 12.9. The molecule has 5 nitrogen and oxygen atoms in total. The predicted molar refractivity (Wildman–Crippen MR) is 88.9 cm³/mol. The van der Waals surface area contributed by atoms with Gasteiger partial charge in [-0.05, 0) is 60.8 Å². The van der Waals surface area contributed by atoms with Crippen molar-refractivity contribution in [1.29, 1.82) is 0 Å². The van der Waals surface area contributed by atoms with Gasteiger partial charge in [-0.3, -0.25) is 9.88 Å². The molecular formula is C17H18N4OS. The lowest BCUT2D eigenvalue weighted by Gasteiger charge is -2.27. The zero-order chi connectivity index (χ0) is 15.6. The molecule has 0 unspecified atom stereocenters. The third kappa shape index (κ3) is 2.80. The minimum atomic E-state index is 0.111. The van der Waals surface area contributed by atoms with Crippen LogP contribution in [0.3, 0.4) is 0 Å². The van der Waals surface area contributed by atoms with E-state index in [0.29, 0.717) is 17.8 Å². The lowest BCUT2D eigenvalue weighted by molar-refractivity contribution is 0.159. The van der Waals surface area contributed by atoms with E-state index in [1.807, 2.05) is 12.1 Å². The Bertz CT molecular complexity index is 756. The molecule has 0 spiro atoms. The first-order valence-corrected chi connectivity index (χ1v) is 8.79. The van der Waals surface area contributed by atoms with Crippen LogP contribution in [0, 0.1) is 0 Å². The predicted octanol–water partition coefficient (Wildman–Crippen LogP) is 4.09. The maximum Gasteiger partial charge on any atom is 0.244 e. The fourth-order valence-electron chi connectivity index (χ4n) is 3.23. The highest BCUT2D eigenvalue weighted by molar-refractivity contribution is 7.07. The smallest absolute Gasteiger partial charge is 0.244 e. The van der Waals surface area contributed by atoms with E-state index in [-0.39, 0.29) is 6.04 Å². The van der Waals surface area contributed by atoms with Crippen molar-refractivity contribution in [3.05, 3.63) is 52.8 Å². The summed E-state index contributed by atoms with van der Waals surface area (Å²) in [6.45, 7) is 3.21. The summed E-state index contributed by atoms with van der Waals surface area (Å²) in [7, 11) is 0. The van der Waals surface area contributed by atoms with E-state index in [0.717, 1.165) is 12.1 Å². The van der Waals surface area contributed by atoms with Crippen LogP contribution in [0.15, 0.2) is 45.9 Å². The Balaban J connectivity index is 1.57. The molecule has 3 aromatic heterocycles. The molecule has 4 rings (SSSR count). The molecule has 0 amide bonds. The first-order chi connectivity index (χ1) is 11.3. The molecule has 3 aromatic rings. The average Bonchev–Trinajstić information content (AvgIpc) is 3.34. The van der Waals surface area contributed by atoms with Gasteiger partial charge in [-0.25, -0.2) is 0 Å². The Labute approximate surface area is 139 Å². The van der Waals surface area contributed by atoms with Gasteiger partial charge in [0.25, 0.3) is 0 Å². The molecule has 0 bridgehead atoms. The minimum absolute atomic E-state index is 0.111. The van der Waals surface area contributed by atoms with Gasteiger partial charge in [0.15, 0.2) is 0 Å². The Hall–Kier alpha value is -2.05. The number of rotatable bonds is 4. The van der Waals surface area contributed by atoms with E-state index < -0.39 is 0 Å². The molecule has 1 aliphatic heterocycles. The summed E-state index contributed by atoms with van der Waals surface area (Å²) < 4.78 is 5.53. The van der Waals surface area contributed by atoms with Gasteiger partial charge in [0, 0.05) is 24.0 Å². The van der Waals surface area contributed by atoms with Crippen molar-refractivity contribution in [3.8, 4) is 11.4 Å². The van der Waals surface area contributed by atoms with E-state index in [9.17, 15) is 0 Å². The molecule has 1 fully saturated rings. The van der Waals surface area contributed by atoms with Crippen LogP contribution in [0.25, 0.3) is 11.4 Å². The summed E-state index contributed by atoms with van der Waals surface area (Å²) in [6.07, 6.45) is 5.88. The van der Waals surface area contributed by atoms with E-state index in [1.165, 1.54) is 18.4 Å². The number of aromatic nitrogens is 3. The summed E-state index contributed by atoms with van der Waals surface area (Å²) in [5.41, 5.74) is 2.27. The van der Waals surface area contributed by atoms with Crippen molar-refractivity contribution in [3.63, 3.8) is 0 Å². The largest absolute Gasteiger partial charge is 0.337 e. The molecule has 1 saturated heterocycles. The van der Waals surface area contributed by atoms with Crippen molar-refractivity contribution in [2.75, 3.05) is 6.54 Å². The van der Waals surface area contributed by atoms with E-state index in [4.69, 9.17) is 4.52 Å². The Kier molecular flexibility index (Phi) is 3.93. The Morgan fingerprint density at radius 1 is 1.39 bits per heavy atom. The quantitative estimate of drug-likeness (QED) is 0.723. The number of thiophene rings is 1. The third-order valence-corrected chi connectivity index (χ3v) is 5.14. The molecule has 118 valence electrons. The normalized spacial score (nSPS) is 20.0. The van der Waals surface area contributed by atoms with Gasteiger partial charge in [0.1, 0.15) is 0 Å². The topological polar surface area (TPSA) is 55.1 Å². The van der Waals surface area contributed by atoms with Crippen LogP contribution in [0.1, 0.15) is 43.3 Å². The maximum absolute atomic E-state index is 5.53. The highest BCUT2D eigenvalue weighted by atomic mass is 32.1. The number of pyridine rings is 1. The molecule has 0 N–H and O–H groups in total. The molecular weight excluding hydrogens is 308 g/mol. The van der Waals surface area contributed by atoms with Crippen molar-refractivity contribution >= 4 is 11.3 Å². The van der Waals surface area contributed by atoms with Crippen molar-refractivity contribution in [2.45, 2.75) is 31.8 Å². The highest BCUT2D eigenvalue weighted by Crippen LogP contribution is 2.38. The number of likely N-dealkylation sites (tertiary alicyclic amines) is 1. The lowest BCUT2D eigenvalue weighted by Crippen LogP contribution is -2.26. The molecule has 6 heteroatoms. The molecule has 0 saturated carbocycles. The van der Waals surface area contributed by atoms with E-state index in [2.05, 4.69) is 43.8 Å². The summed E-state index contributed by atoms with van der Waals surface area (Å²) in [5, 5.41) is 8.50. The van der Waals surface area contributed by atoms with Gasteiger partial charge in [0.05, 0.1) is 6.04 Å². The molecule has 1 aliphatic rings.